The van der Waals surface area contributed by atoms with E-state index in [2.05, 4.69) is 20.6 Å². The van der Waals surface area contributed by atoms with E-state index in [-0.39, 0.29) is 18.5 Å². The lowest BCUT2D eigenvalue weighted by Crippen LogP contribution is -2.38. The molecule has 122 valence electrons. The second-order valence-corrected chi connectivity index (χ2v) is 5.05. The van der Waals surface area contributed by atoms with Gasteiger partial charge < -0.3 is 15.4 Å². The number of aliphatic imine (C=N–C) groups is 1. The van der Waals surface area contributed by atoms with Gasteiger partial charge in [0.1, 0.15) is 0 Å². The molecule has 1 aromatic rings. The SMILES string of the molecule is CCNC(=NCCC(=O)OC(C)C)NCCc1ccccn1. The third kappa shape index (κ3) is 8.24. The number of carbonyl (C=O) groups is 1. The summed E-state index contributed by atoms with van der Waals surface area (Å²) in [5.74, 6) is 0.485. The van der Waals surface area contributed by atoms with Crippen LogP contribution in [-0.4, -0.2) is 42.7 Å². The Morgan fingerprint density at radius 3 is 2.82 bits per heavy atom. The van der Waals surface area contributed by atoms with E-state index in [1.54, 1.807) is 6.20 Å². The van der Waals surface area contributed by atoms with Gasteiger partial charge in [0.05, 0.1) is 19.1 Å². The highest BCUT2D eigenvalue weighted by molar-refractivity contribution is 5.80. The lowest BCUT2D eigenvalue weighted by atomic mass is 10.3. The Morgan fingerprint density at radius 1 is 1.36 bits per heavy atom. The summed E-state index contributed by atoms with van der Waals surface area (Å²) in [6.07, 6.45) is 2.81. The van der Waals surface area contributed by atoms with E-state index in [9.17, 15) is 4.79 Å². The normalized spacial score (nSPS) is 11.4. The predicted molar refractivity (Wildman–Crippen MR) is 87.8 cm³/mol. The number of hydrogen-bond acceptors (Lipinski definition) is 4. The summed E-state index contributed by atoms with van der Waals surface area (Å²) in [7, 11) is 0. The van der Waals surface area contributed by atoms with Crippen molar-refractivity contribution in [2.45, 2.75) is 39.7 Å². The molecular weight excluding hydrogens is 280 g/mol. The molecular formula is C16H26N4O2. The lowest BCUT2D eigenvalue weighted by Gasteiger charge is -2.11. The average molecular weight is 306 g/mol. The maximum absolute atomic E-state index is 11.5. The van der Waals surface area contributed by atoms with Crippen molar-refractivity contribution in [1.82, 2.24) is 15.6 Å². The Labute approximate surface area is 132 Å². The van der Waals surface area contributed by atoms with Crippen molar-refractivity contribution in [3.63, 3.8) is 0 Å². The lowest BCUT2D eigenvalue weighted by molar-refractivity contribution is -0.147. The van der Waals surface area contributed by atoms with Crippen LogP contribution in [0.1, 0.15) is 32.9 Å². The Kier molecular flexibility index (Phi) is 8.64. The van der Waals surface area contributed by atoms with E-state index in [4.69, 9.17) is 4.74 Å². The summed E-state index contributed by atoms with van der Waals surface area (Å²) >= 11 is 0. The maximum atomic E-state index is 11.5. The number of aromatic nitrogens is 1. The van der Waals surface area contributed by atoms with Gasteiger partial charge >= 0.3 is 5.97 Å². The summed E-state index contributed by atoms with van der Waals surface area (Å²) in [6, 6.07) is 5.87. The number of ether oxygens (including phenoxy) is 1. The molecule has 1 rings (SSSR count). The third-order valence-corrected chi connectivity index (χ3v) is 2.70. The van der Waals surface area contributed by atoms with Crippen LogP contribution < -0.4 is 10.6 Å². The minimum atomic E-state index is -0.219. The molecule has 6 heteroatoms. The number of pyridine rings is 1. The van der Waals surface area contributed by atoms with Crippen LogP contribution in [0.2, 0.25) is 0 Å². The fraction of sp³-hybridized carbons (Fsp3) is 0.562. The molecule has 0 amide bonds. The van der Waals surface area contributed by atoms with Gasteiger partial charge in [0.25, 0.3) is 0 Å². The third-order valence-electron chi connectivity index (χ3n) is 2.70. The first-order valence-electron chi connectivity index (χ1n) is 7.73. The van der Waals surface area contributed by atoms with Crippen molar-refractivity contribution in [2.24, 2.45) is 4.99 Å². The Bertz CT molecular complexity index is 460. The first-order chi connectivity index (χ1) is 10.6. The van der Waals surface area contributed by atoms with Crippen LogP contribution in [0.15, 0.2) is 29.4 Å². The molecule has 0 saturated carbocycles. The fourth-order valence-corrected chi connectivity index (χ4v) is 1.78. The standard InChI is InChI=1S/C16H26N4O2/c1-4-17-16(20-12-9-15(21)22-13(2)3)19-11-8-14-7-5-6-10-18-14/h5-7,10,13H,4,8-9,11-12H2,1-3H3,(H2,17,19,20). The van der Waals surface area contributed by atoms with Gasteiger partial charge in [-0.1, -0.05) is 6.07 Å². The molecule has 0 spiro atoms. The molecule has 0 unspecified atom stereocenters. The van der Waals surface area contributed by atoms with Crippen LogP contribution >= 0.6 is 0 Å². The summed E-state index contributed by atoms with van der Waals surface area (Å²) in [4.78, 5) is 20.1. The topological polar surface area (TPSA) is 75.6 Å². The van der Waals surface area contributed by atoms with E-state index in [0.29, 0.717) is 12.5 Å². The summed E-state index contributed by atoms with van der Waals surface area (Å²) in [5.41, 5.74) is 1.03. The number of carbonyl (C=O) groups excluding carboxylic acids is 1. The van der Waals surface area contributed by atoms with E-state index < -0.39 is 0 Å². The van der Waals surface area contributed by atoms with Crippen LogP contribution in [0.4, 0.5) is 0 Å². The molecule has 1 aromatic heterocycles. The molecule has 0 saturated heterocycles. The smallest absolute Gasteiger partial charge is 0.307 e. The Hall–Kier alpha value is -2.11. The molecule has 0 fully saturated rings. The zero-order valence-electron chi connectivity index (χ0n) is 13.6. The predicted octanol–water partition coefficient (Wildman–Crippen LogP) is 1.52. The quantitative estimate of drug-likeness (QED) is 0.433. The molecule has 6 nitrogen and oxygen atoms in total. The van der Waals surface area contributed by atoms with Gasteiger partial charge in [-0.3, -0.25) is 14.8 Å². The molecule has 0 radical (unpaired) electrons. The van der Waals surface area contributed by atoms with Gasteiger partial charge in [0.2, 0.25) is 0 Å². The van der Waals surface area contributed by atoms with E-state index >= 15 is 0 Å². The van der Waals surface area contributed by atoms with Gasteiger partial charge in [-0.25, -0.2) is 0 Å². The number of hydrogen-bond donors (Lipinski definition) is 2. The van der Waals surface area contributed by atoms with Gasteiger partial charge in [-0.05, 0) is 32.9 Å². The Morgan fingerprint density at radius 2 is 2.18 bits per heavy atom. The monoisotopic (exact) mass is 306 g/mol. The zero-order valence-corrected chi connectivity index (χ0v) is 13.6. The van der Waals surface area contributed by atoms with Crippen LogP contribution in [0.5, 0.6) is 0 Å². The Balaban J connectivity index is 2.34. The van der Waals surface area contributed by atoms with Crippen molar-refractivity contribution in [3.05, 3.63) is 30.1 Å². The van der Waals surface area contributed by atoms with Crippen molar-refractivity contribution >= 4 is 11.9 Å². The molecule has 22 heavy (non-hydrogen) atoms. The van der Waals surface area contributed by atoms with E-state index in [1.807, 2.05) is 39.0 Å². The fourth-order valence-electron chi connectivity index (χ4n) is 1.78. The number of guanidine groups is 1. The van der Waals surface area contributed by atoms with Crippen molar-refractivity contribution < 1.29 is 9.53 Å². The number of nitrogens with one attached hydrogen (secondary N) is 2. The second kappa shape index (κ2) is 10.6. The zero-order chi connectivity index (χ0) is 16.2. The molecule has 0 aliphatic carbocycles. The van der Waals surface area contributed by atoms with E-state index in [0.717, 1.165) is 25.2 Å². The maximum Gasteiger partial charge on any atom is 0.307 e. The summed E-state index contributed by atoms with van der Waals surface area (Å²) in [6.45, 7) is 7.59. The van der Waals surface area contributed by atoms with Crippen LogP contribution in [-0.2, 0) is 16.0 Å². The largest absolute Gasteiger partial charge is 0.463 e. The number of rotatable bonds is 8. The molecule has 0 aliphatic rings. The van der Waals surface area contributed by atoms with Gasteiger partial charge in [0.15, 0.2) is 5.96 Å². The average Bonchev–Trinajstić information content (AvgIpc) is 2.47. The van der Waals surface area contributed by atoms with Crippen LogP contribution in [0.3, 0.4) is 0 Å². The summed E-state index contributed by atoms with van der Waals surface area (Å²) < 4.78 is 5.07. The summed E-state index contributed by atoms with van der Waals surface area (Å²) in [5, 5.41) is 6.38. The highest BCUT2D eigenvalue weighted by Crippen LogP contribution is 1.95. The van der Waals surface area contributed by atoms with Crippen LogP contribution in [0.25, 0.3) is 0 Å². The highest BCUT2D eigenvalue weighted by atomic mass is 16.5. The second-order valence-electron chi connectivity index (χ2n) is 5.05. The molecule has 2 N–H and O–H groups in total. The van der Waals surface area contributed by atoms with Gasteiger partial charge in [-0.2, -0.15) is 0 Å². The van der Waals surface area contributed by atoms with Crippen LogP contribution in [0, 0.1) is 0 Å². The minimum Gasteiger partial charge on any atom is -0.463 e. The first kappa shape index (κ1) is 17.9. The van der Waals surface area contributed by atoms with Gasteiger partial charge in [-0.15, -0.1) is 0 Å². The molecule has 0 bridgehead atoms. The molecule has 0 atom stereocenters. The highest BCUT2D eigenvalue weighted by Gasteiger charge is 2.05. The molecule has 1 heterocycles. The van der Waals surface area contributed by atoms with Crippen molar-refractivity contribution in [1.29, 1.82) is 0 Å². The minimum absolute atomic E-state index is 0.0822. The molecule has 0 aliphatic heterocycles. The molecule has 0 aromatic carbocycles. The van der Waals surface area contributed by atoms with Crippen molar-refractivity contribution in [3.8, 4) is 0 Å². The van der Waals surface area contributed by atoms with Gasteiger partial charge in [0, 0.05) is 31.4 Å². The van der Waals surface area contributed by atoms with Crippen molar-refractivity contribution in [2.75, 3.05) is 19.6 Å². The number of esters is 1. The van der Waals surface area contributed by atoms with E-state index in [1.165, 1.54) is 0 Å². The first-order valence-corrected chi connectivity index (χ1v) is 7.73. The number of nitrogens with zero attached hydrogens (tertiary/aromatic N) is 2.